The second kappa shape index (κ2) is 8.32. The van der Waals surface area contributed by atoms with Crippen molar-refractivity contribution < 1.29 is 14.6 Å². The Morgan fingerprint density at radius 3 is 2.70 bits per heavy atom. The molecule has 2 N–H and O–H groups in total. The van der Waals surface area contributed by atoms with E-state index in [1.807, 2.05) is 13.8 Å². The van der Waals surface area contributed by atoms with Crippen LogP contribution in [0, 0.1) is 17.8 Å². The van der Waals surface area contributed by atoms with E-state index in [9.17, 15) is 5.11 Å². The average molecular weight is 285 g/mol. The SMILES string of the molecule is CC(C)OCCOCC(O)CNCC1CC2CCC1C2. The monoisotopic (exact) mass is 285 g/mol. The molecule has 2 fully saturated rings. The number of rotatable bonds is 10. The normalized spacial score (nSPS) is 30.3. The number of hydrogen-bond acceptors (Lipinski definition) is 4. The van der Waals surface area contributed by atoms with Crippen LogP contribution in [0.25, 0.3) is 0 Å². The Morgan fingerprint density at radius 1 is 1.20 bits per heavy atom. The lowest BCUT2D eigenvalue weighted by Gasteiger charge is -2.22. The van der Waals surface area contributed by atoms with Gasteiger partial charge >= 0.3 is 0 Å². The van der Waals surface area contributed by atoms with Crippen LogP contribution in [0.2, 0.25) is 0 Å². The van der Waals surface area contributed by atoms with E-state index in [0.717, 1.165) is 24.3 Å². The lowest BCUT2D eigenvalue weighted by atomic mass is 9.89. The summed E-state index contributed by atoms with van der Waals surface area (Å²) in [5.74, 6) is 2.80. The van der Waals surface area contributed by atoms with Crippen molar-refractivity contribution in [2.24, 2.45) is 17.8 Å². The highest BCUT2D eigenvalue weighted by molar-refractivity contribution is 4.90. The summed E-state index contributed by atoms with van der Waals surface area (Å²) in [7, 11) is 0. The Hall–Kier alpha value is -0.160. The van der Waals surface area contributed by atoms with Crippen molar-refractivity contribution in [3.05, 3.63) is 0 Å². The van der Waals surface area contributed by atoms with Gasteiger partial charge in [0.1, 0.15) is 0 Å². The van der Waals surface area contributed by atoms with Gasteiger partial charge < -0.3 is 19.9 Å². The maximum atomic E-state index is 9.84. The van der Waals surface area contributed by atoms with Gasteiger partial charge in [-0.25, -0.2) is 0 Å². The molecular formula is C16H31NO3. The van der Waals surface area contributed by atoms with Crippen molar-refractivity contribution in [3.8, 4) is 0 Å². The summed E-state index contributed by atoms with van der Waals surface area (Å²) in [6.45, 7) is 7.27. The number of ether oxygens (including phenoxy) is 2. The van der Waals surface area contributed by atoms with Gasteiger partial charge in [-0.15, -0.1) is 0 Å². The van der Waals surface area contributed by atoms with E-state index >= 15 is 0 Å². The van der Waals surface area contributed by atoms with Crippen molar-refractivity contribution in [3.63, 3.8) is 0 Å². The first-order valence-corrected chi connectivity index (χ1v) is 8.23. The van der Waals surface area contributed by atoms with Crippen LogP contribution < -0.4 is 5.32 Å². The molecule has 2 aliphatic rings. The van der Waals surface area contributed by atoms with Gasteiger partial charge in [-0.3, -0.25) is 0 Å². The molecule has 4 atom stereocenters. The fourth-order valence-corrected chi connectivity index (χ4v) is 3.68. The highest BCUT2D eigenvalue weighted by Gasteiger charge is 2.38. The van der Waals surface area contributed by atoms with E-state index in [1.54, 1.807) is 0 Å². The van der Waals surface area contributed by atoms with Gasteiger partial charge in [0.05, 0.1) is 32.0 Å². The molecule has 2 saturated carbocycles. The zero-order valence-electron chi connectivity index (χ0n) is 13.0. The molecule has 20 heavy (non-hydrogen) atoms. The van der Waals surface area contributed by atoms with E-state index < -0.39 is 6.10 Å². The lowest BCUT2D eigenvalue weighted by Crippen LogP contribution is -2.35. The molecule has 4 nitrogen and oxygen atoms in total. The largest absolute Gasteiger partial charge is 0.389 e. The van der Waals surface area contributed by atoms with Gasteiger partial charge in [-0.2, -0.15) is 0 Å². The third kappa shape index (κ3) is 5.32. The Kier molecular flexibility index (Phi) is 6.75. The van der Waals surface area contributed by atoms with Crippen molar-refractivity contribution in [2.75, 3.05) is 32.9 Å². The Bertz CT molecular complexity index is 272. The van der Waals surface area contributed by atoms with Crippen LogP contribution in [0.3, 0.4) is 0 Å². The molecule has 0 heterocycles. The van der Waals surface area contributed by atoms with Gasteiger partial charge in [-0.1, -0.05) is 6.42 Å². The minimum atomic E-state index is -0.410. The Labute approximate surface area is 123 Å². The summed E-state index contributed by atoms with van der Waals surface area (Å²) in [4.78, 5) is 0. The number of fused-ring (bicyclic) bond motifs is 2. The van der Waals surface area contributed by atoms with Crippen LogP contribution in [0.4, 0.5) is 0 Å². The lowest BCUT2D eigenvalue weighted by molar-refractivity contribution is -0.0102. The highest BCUT2D eigenvalue weighted by Crippen LogP contribution is 2.47. The molecule has 0 saturated heterocycles. The molecule has 2 bridgehead atoms. The predicted octanol–water partition coefficient (Wildman–Crippen LogP) is 1.81. The van der Waals surface area contributed by atoms with Crippen molar-refractivity contribution in [1.82, 2.24) is 5.32 Å². The Morgan fingerprint density at radius 2 is 2.05 bits per heavy atom. The van der Waals surface area contributed by atoms with Crippen LogP contribution in [-0.4, -0.2) is 50.2 Å². The van der Waals surface area contributed by atoms with Crippen LogP contribution in [0.5, 0.6) is 0 Å². The number of aliphatic hydroxyl groups excluding tert-OH is 1. The van der Waals surface area contributed by atoms with Gasteiger partial charge in [0, 0.05) is 6.54 Å². The first kappa shape index (κ1) is 16.2. The van der Waals surface area contributed by atoms with E-state index in [1.165, 1.54) is 25.7 Å². The van der Waals surface area contributed by atoms with E-state index in [2.05, 4.69) is 5.32 Å². The van der Waals surface area contributed by atoms with Gasteiger partial charge in [0.2, 0.25) is 0 Å². The summed E-state index contributed by atoms with van der Waals surface area (Å²) in [5, 5.41) is 13.2. The first-order valence-electron chi connectivity index (χ1n) is 8.23. The van der Waals surface area contributed by atoms with Crippen molar-refractivity contribution in [2.45, 2.75) is 51.7 Å². The maximum Gasteiger partial charge on any atom is 0.0897 e. The van der Waals surface area contributed by atoms with Gasteiger partial charge in [0.15, 0.2) is 0 Å². The molecule has 4 heteroatoms. The fourth-order valence-electron chi connectivity index (χ4n) is 3.68. The quantitative estimate of drug-likeness (QED) is 0.601. The third-order valence-electron chi connectivity index (χ3n) is 4.66. The van der Waals surface area contributed by atoms with E-state index in [0.29, 0.717) is 26.4 Å². The molecule has 0 spiro atoms. The molecule has 2 aliphatic carbocycles. The average Bonchev–Trinajstić information content (AvgIpc) is 3.00. The minimum Gasteiger partial charge on any atom is -0.389 e. The summed E-state index contributed by atoms with van der Waals surface area (Å²) in [5.41, 5.74) is 0. The van der Waals surface area contributed by atoms with Crippen molar-refractivity contribution >= 4 is 0 Å². The van der Waals surface area contributed by atoms with E-state index in [4.69, 9.17) is 9.47 Å². The summed E-state index contributed by atoms with van der Waals surface area (Å²) in [6.07, 6.45) is 5.57. The summed E-state index contributed by atoms with van der Waals surface area (Å²) < 4.78 is 10.8. The zero-order chi connectivity index (χ0) is 14.4. The zero-order valence-corrected chi connectivity index (χ0v) is 13.0. The molecule has 0 aromatic rings. The van der Waals surface area contributed by atoms with Crippen LogP contribution in [0.15, 0.2) is 0 Å². The summed E-state index contributed by atoms with van der Waals surface area (Å²) >= 11 is 0. The predicted molar refractivity (Wildman–Crippen MR) is 79.7 cm³/mol. The molecule has 4 unspecified atom stereocenters. The molecule has 0 amide bonds. The smallest absolute Gasteiger partial charge is 0.0897 e. The van der Waals surface area contributed by atoms with Gasteiger partial charge in [0.25, 0.3) is 0 Å². The molecule has 0 aromatic carbocycles. The standard InChI is InChI=1S/C16H31NO3/c1-12(2)20-6-5-19-11-16(18)10-17-9-15-8-13-3-4-14(15)7-13/h12-18H,3-11H2,1-2H3. The van der Waals surface area contributed by atoms with Crippen LogP contribution >= 0.6 is 0 Å². The molecule has 0 aliphatic heterocycles. The van der Waals surface area contributed by atoms with Gasteiger partial charge in [-0.05, 0) is 57.4 Å². The summed E-state index contributed by atoms with van der Waals surface area (Å²) in [6, 6.07) is 0. The minimum absolute atomic E-state index is 0.243. The van der Waals surface area contributed by atoms with Crippen molar-refractivity contribution in [1.29, 1.82) is 0 Å². The van der Waals surface area contributed by atoms with Crippen LogP contribution in [-0.2, 0) is 9.47 Å². The first-order chi connectivity index (χ1) is 9.65. The molecule has 2 rings (SSSR count). The number of nitrogens with one attached hydrogen (secondary N) is 1. The molecule has 0 radical (unpaired) electrons. The number of hydrogen-bond donors (Lipinski definition) is 2. The molecule has 0 aromatic heterocycles. The van der Waals surface area contributed by atoms with Crippen LogP contribution in [0.1, 0.15) is 39.5 Å². The second-order valence-electron chi connectivity index (χ2n) is 6.74. The highest BCUT2D eigenvalue weighted by atomic mass is 16.5. The topological polar surface area (TPSA) is 50.7 Å². The number of aliphatic hydroxyl groups is 1. The maximum absolute atomic E-state index is 9.84. The molecular weight excluding hydrogens is 254 g/mol. The van der Waals surface area contributed by atoms with E-state index in [-0.39, 0.29) is 6.10 Å². The molecule has 118 valence electrons. The fraction of sp³-hybridized carbons (Fsp3) is 1.00. The second-order valence-corrected chi connectivity index (χ2v) is 6.74. The third-order valence-corrected chi connectivity index (χ3v) is 4.66. The Balaban J connectivity index is 1.43.